The molecule has 1 aromatic rings. The predicted molar refractivity (Wildman–Crippen MR) is 100 cm³/mol. The first-order valence-electron chi connectivity index (χ1n) is 8.58. The second-order valence-corrected chi connectivity index (χ2v) is 7.36. The molecule has 0 aliphatic rings. The molecular weight excluding hydrogens is 340 g/mol. The van der Waals surface area contributed by atoms with E-state index in [9.17, 15) is 14.4 Å². The van der Waals surface area contributed by atoms with Crippen LogP contribution in [0.5, 0.6) is 0 Å². The van der Waals surface area contributed by atoms with Crippen LogP contribution in [0, 0.1) is 12.8 Å². The van der Waals surface area contributed by atoms with Gasteiger partial charge in [0.2, 0.25) is 5.91 Å². The van der Waals surface area contributed by atoms with E-state index < -0.39 is 5.97 Å². The van der Waals surface area contributed by atoms with Crippen molar-refractivity contribution in [2.24, 2.45) is 5.92 Å². The fourth-order valence-electron chi connectivity index (χ4n) is 2.23. The van der Waals surface area contributed by atoms with E-state index in [1.54, 1.807) is 39.5 Å². The van der Waals surface area contributed by atoms with E-state index in [1.165, 1.54) is 0 Å². The molecule has 0 fully saturated rings. The second-order valence-electron chi connectivity index (χ2n) is 6.34. The molecule has 1 rings (SSSR count). The van der Waals surface area contributed by atoms with Crippen LogP contribution in [0.25, 0.3) is 0 Å². The molecule has 140 valence electrons. The highest BCUT2D eigenvalue weighted by Crippen LogP contribution is 2.35. The standard InChI is InChI=1S/C18H28N2O4S/c1-8-20(9-2)17(22)14-12(7)13(18(23)24-11(5)6)16(25-14)19-15(21)10(3)4/h10-11H,8-9H2,1-7H3,(H,19,21). The monoisotopic (exact) mass is 368 g/mol. The van der Waals surface area contributed by atoms with Crippen LogP contribution >= 0.6 is 11.3 Å². The Bertz CT molecular complexity index is 646. The van der Waals surface area contributed by atoms with Gasteiger partial charge in [-0.2, -0.15) is 0 Å². The summed E-state index contributed by atoms with van der Waals surface area (Å²) in [6.07, 6.45) is -0.289. The summed E-state index contributed by atoms with van der Waals surface area (Å²) in [4.78, 5) is 39.5. The fraction of sp³-hybridized carbons (Fsp3) is 0.611. The maximum absolute atomic E-state index is 12.7. The summed E-state index contributed by atoms with van der Waals surface area (Å²) in [6.45, 7) is 13.7. The van der Waals surface area contributed by atoms with Gasteiger partial charge in [0.1, 0.15) is 5.00 Å². The minimum absolute atomic E-state index is 0.142. The molecule has 7 heteroatoms. The molecule has 2 amide bonds. The average Bonchev–Trinajstić information content (AvgIpc) is 2.83. The number of hydrogen-bond acceptors (Lipinski definition) is 5. The number of hydrogen-bond donors (Lipinski definition) is 1. The maximum atomic E-state index is 12.7. The lowest BCUT2D eigenvalue weighted by Gasteiger charge is -2.18. The molecule has 6 nitrogen and oxygen atoms in total. The third kappa shape index (κ3) is 5.04. The van der Waals surface area contributed by atoms with Crippen molar-refractivity contribution < 1.29 is 19.1 Å². The molecule has 0 aromatic carbocycles. The first kappa shape index (κ1) is 21.2. The van der Waals surface area contributed by atoms with Gasteiger partial charge in [0, 0.05) is 19.0 Å². The highest BCUT2D eigenvalue weighted by atomic mass is 32.1. The van der Waals surface area contributed by atoms with E-state index in [4.69, 9.17) is 4.74 Å². The summed E-state index contributed by atoms with van der Waals surface area (Å²) in [6, 6.07) is 0. The third-order valence-corrected chi connectivity index (χ3v) is 4.89. The molecule has 1 aromatic heterocycles. The lowest BCUT2D eigenvalue weighted by atomic mass is 10.1. The summed E-state index contributed by atoms with van der Waals surface area (Å²) in [7, 11) is 0. The predicted octanol–water partition coefficient (Wildman–Crippen LogP) is 3.70. The Morgan fingerprint density at radius 1 is 1.12 bits per heavy atom. The molecule has 1 N–H and O–H groups in total. The lowest BCUT2D eigenvalue weighted by Crippen LogP contribution is -2.30. The molecular formula is C18H28N2O4S. The molecule has 0 aliphatic carbocycles. The molecule has 0 radical (unpaired) electrons. The van der Waals surface area contributed by atoms with Crippen molar-refractivity contribution in [3.63, 3.8) is 0 Å². The Morgan fingerprint density at radius 2 is 1.68 bits per heavy atom. The Hall–Kier alpha value is -1.89. The number of esters is 1. The third-order valence-electron chi connectivity index (χ3n) is 3.70. The summed E-state index contributed by atoms with van der Waals surface area (Å²) in [5, 5.41) is 3.14. The van der Waals surface area contributed by atoms with E-state index in [-0.39, 0.29) is 29.4 Å². The number of thiophene rings is 1. The Morgan fingerprint density at radius 3 is 2.12 bits per heavy atom. The van der Waals surface area contributed by atoms with Gasteiger partial charge >= 0.3 is 5.97 Å². The van der Waals surface area contributed by atoms with Crippen molar-refractivity contribution in [1.29, 1.82) is 0 Å². The van der Waals surface area contributed by atoms with Crippen molar-refractivity contribution >= 4 is 34.1 Å². The Balaban J connectivity index is 3.38. The number of anilines is 1. The summed E-state index contributed by atoms with van der Waals surface area (Å²) in [5.41, 5.74) is 0.815. The normalized spacial score (nSPS) is 10.9. The van der Waals surface area contributed by atoms with Gasteiger partial charge in [-0.15, -0.1) is 11.3 Å². The van der Waals surface area contributed by atoms with Crippen molar-refractivity contribution in [1.82, 2.24) is 4.90 Å². The van der Waals surface area contributed by atoms with Crippen LogP contribution < -0.4 is 5.32 Å². The zero-order valence-electron chi connectivity index (χ0n) is 16.1. The molecule has 0 saturated carbocycles. The molecule has 0 atom stereocenters. The van der Waals surface area contributed by atoms with Gasteiger partial charge in [0.05, 0.1) is 16.5 Å². The van der Waals surface area contributed by atoms with Crippen molar-refractivity contribution in [3.05, 3.63) is 16.0 Å². The molecule has 1 heterocycles. The highest BCUT2D eigenvalue weighted by Gasteiger charge is 2.29. The summed E-state index contributed by atoms with van der Waals surface area (Å²) in [5.74, 6) is -1.11. The van der Waals surface area contributed by atoms with E-state index in [1.807, 2.05) is 13.8 Å². The van der Waals surface area contributed by atoms with Crippen LogP contribution in [0.4, 0.5) is 5.00 Å². The molecule has 0 bridgehead atoms. The van der Waals surface area contributed by atoms with Crippen LogP contribution in [-0.2, 0) is 9.53 Å². The number of amides is 2. The van der Waals surface area contributed by atoms with Crippen LogP contribution in [0.3, 0.4) is 0 Å². The number of carbonyl (C=O) groups excluding carboxylic acids is 3. The van der Waals surface area contributed by atoms with Gasteiger partial charge in [-0.3, -0.25) is 9.59 Å². The van der Waals surface area contributed by atoms with Crippen LogP contribution in [-0.4, -0.2) is 41.9 Å². The first-order valence-corrected chi connectivity index (χ1v) is 9.40. The number of nitrogens with zero attached hydrogens (tertiary/aromatic N) is 1. The van der Waals surface area contributed by atoms with Crippen molar-refractivity contribution in [3.8, 4) is 0 Å². The van der Waals surface area contributed by atoms with Gasteiger partial charge < -0.3 is 15.0 Å². The maximum Gasteiger partial charge on any atom is 0.341 e. The lowest BCUT2D eigenvalue weighted by molar-refractivity contribution is -0.118. The number of ether oxygens (including phenoxy) is 1. The van der Waals surface area contributed by atoms with Gasteiger partial charge in [-0.05, 0) is 40.2 Å². The Kier molecular flexibility index (Phi) is 7.60. The summed E-state index contributed by atoms with van der Waals surface area (Å²) >= 11 is 1.13. The van der Waals surface area contributed by atoms with E-state index >= 15 is 0 Å². The van der Waals surface area contributed by atoms with E-state index in [2.05, 4.69) is 5.32 Å². The first-order chi connectivity index (χ1) is 11.6. The van der Waals surface area contributed by atoms with Crippen LogP contribution in [0.1, 0.15) is 67.1 Å². The number of nitrogens with one attached hydrogen (secondary N) is 1. The van der Waals surface area contributed by atoms with Gasteiger partial charge in [0.15, 0.2) is 0 Å². The number of rotatable bonds is 7. The fourth-order valence-corrected chi connectivity index (χ4v) is 3.40. The second kappa shape index (κ2) is 8.99. The van der Waals surface area contributed by atoms with Gasteiger partial charge in [0.25, 0.3) is 5.91 Å². The molecule has 0 aliphatic heterocycles. The average molecular weight is 368 g/mol. The van der Waals surface area contributed by atoms with Crippen LogP contribution in [0.15, 0.2) is 0 Å². The minimum Gasteiger partial charge on any atom is -0.459 e. The smallest absolute Gasteiger partial charge is 0.341 e. The topological polar surface area (TPSA) is 75.7 Å². The van der Waals surface area contributed by atoms with Crippen molar-refractivity contribution in [2.75, 3.05) is 18.4 Å². The SMILES string of the molecule is CCN(CC)C(=O)c1sc(NC(=O)C(C)C)c(C(=O)OC(C)C)c1C. The zero-order valence-corrected chi connectivity index (χ0v) is 16.9. The Labute approximate surface area is 153 Å². The summed E-state index contributed by atoms with van der Waals surface area (Å²) < 4.78 is 5.30. The number of carbonyl (C=O) groups is 3. The molecule has 0 spiro atoms. The zero-order chi connectivity index (χ0) is 19.3. The highest BCUT2D eigenvalue weighted by molar-refractivity contribution is 7.18. The van der Waals surface area contributed by atoms with E-state index in [0.717, 1.165) is 11.3 Å². The largest absolute Gasteiger partial charge is 0.459 e. The molecule has 25 heavy (non-hydrogen) atoms. The molecule has 0 unspecified atom stereocenters. The van der Waals surface area contributed by atoms with Gasteiger partial charge in [-0.1, -0.05) is 13.8 Å². The van der Waals surface area contributed by atoms with E-state index in [0.29, 0.717) is 28.5 Å². The minimum atomic E-state index is -0.526. The quantitative estimate of drug-likeness (QED) is 0.745. The molecule has 0 saturated heterocycles. The van der Waals surface area contributed by atoms with Gasteiger partial charge in [-0.25, -0.2) is 4.79 Å². The van der Waals surface area contributed by atoms with Crippen molar-refractivity contribution in [2.45, 2.75) is 54.6 Å². The van der Waals surface area contributed by atoms with Crippen LogP contribution in [0.2, 0.25) is 0 Å².